The lowest BCUT2D eigenvalue weighted by Gasteiger charge is -2.34. The van der Waals surface area contributed by atoms with Gasteiger partial charge in [-0.2, -0.15) is 13.2 Å². The Morgan fingerprint density at radius 1 is 1.35 bits per heavy atom. The molecule has 1 fully saturated rings. The number of halogens is 3. The molecule has 0 unspecified atom stereocenters. The standard InChI is InChI=1S/C11H13F3N2O/c12-11(13,14)8-1-2-10(16-6-8)17-9-3-7(4-9)5-15/h1-2,6-7,9H,3-5,15H2. The first-order valence-electron chi connectivity index (χ1n) is 5.39. The first-order valence-corrected chi connectivity index (χ1v) is 5.39. The lowest BCUT2D eigenvalue weighted by atomic mass is 9.82. The van der Waals surface area contributed by atoms with Gasteiger partial charge in [-0.25, -0.2) is 4.98 Å². The van der Waals surface area contributed by atoms with E-state index in [2.05, 4.69) is 4.98 Å². The quantitative estimate of drug-likeness (QED) is 0.889. The Hall–Kier alpha value is -1.30. The van der Waals surface area contributed by atoms with Gasteiger partial charge in [0.05, 0.1) is 5.56 Å². The van der Waals surface area contributed by atoms with Gasteiger partial charge in [-0.15, -0.1) is 0 Å². The molecule has 1 heterocycles. The molecule has 0 radical (unpaired) electrons. The van der Waals surface area contributed by atoms with Crippen molar-refractivity contribution in [2.75, 3.05) is 6.54 Å². The molecular formula is C11H13F3N2O. The maximum Gasteiger partial charge on any atom is 0.417 e. The van der Waals surface area contributed by atoms with E-state index in [0.29, 0.717) is 12.5 Å². The molecule has 1 aromatic heterocycles. The van der Waals surface area contributed by atoms with Gasteiger partial charge < -0.3 is 10.5 Å². The third-order valence-electron chi connectivity index (χ3n) is 2.88. The van der Waals surface area contributed by atoms with Crippen LogP contribution in [0.15, 0.2) is 18.3 Å². The fourth-order valence-electron chi connectivity index (χ4n) is 1.75. The van der Waals surface area contributed by atoms with Gasteiger partial charge in [0.1, 0.15) is 6.10 Å². The van der Waals surface area contributed by atoms with E-state index >= 15 is 0 Å². The van der Waals surface area contributed by atoms with E-state index < -0.39 is 11.7 Å². The minimum Gasteiger partial charge on any atom is -0.474 e. The van der Waals surface area contributed by atoms with Crippen LogP contribution < -0.4 is 10.5 Å². The van der Waals surface area contributed by atoms with Gasteiger partial charge >= 0.3 is 6.18 Å². The van der Waals surface area contributed by atoms with Crippen LogP contribution in [-0.4, -0.2) is 17.6 Å². The number of pyridine rings is 1. The van der Waals surface area contributed by atoms with E-state index in [4.69, 9.17) is 10.5 Å². The van der Waals surface area contributed by atoms with Crippen LogP contribution in [-0.2, 0) is 6.18 Å². The number of rotatable bonds is 3. The largest absolute Gasteiger partial charge is 0.474 e. The summed E-state index contributed by atoms with van der Waals surface area (Å²) in [5.41, 5.74) is 4.70. The van der Waals surface area contributed by atoms with E-state index in [1.807, 2.05) is 0 Å². The molecule has 3 nitrogen and oxygen atoms in total. The normalized spacial score (nSPS) is 24.2. The first-order chi connectivity index (χ1) is 7.99. The summed E-state index contributed by atoms with van der Waals surface area (Å²) in [7, 11) is 0. The molecule has 94 valence electrons. The highest BCUT2D eigenvalue weighted by Gasteiger charge is 2.32. The summed E-state index contributed by atoms with van der Waals surface area (Å²) in [6.07, 6.45) is -1.84. The van der Waals surface area contributed by atoms with Gasteiger partial charge in [-0.1, -0.05) is 0 Å². The van der Waals surface area contributed by atoms with Crippen molar-refractivity contribution >= 4 is 0 Å². The molecule has 0 aromatic carbocycles. The van der Waals surface area contributed by atoms with E-state index in [0.717, 1.165) is 25.1 Å². The fraction of sp³-hybridized carbons (Fsp3) is 0.545. The number of nitrogens with two attached hydrogens (primary N) is 1. The minimum atomic E-state index is -4.35. The average Bonchev–Trinajstić information content (AvgIpc) is 2.22. The second-order valence-electron chi connectivity index (χ2n) is 4.20. The Labute approximate surface area is 96.8 Å². The zero-order valence-electron chi connectivity index (χ0n) is 9.07. The molecule has 1 aliphatic rings. The Morgan fingerprint density at radius 3 is 2.53 bits per heavy atom. The zero-order chi connectivity index (χ0) is 12.5. The molecule has 0 saturated heterocycles. The van der Waals surface area contributed by atoms with Gasteiger partial charge in [0.2, 0.25) is 5.88 Å². The molecule has 2 N–H and O–H groups in total. The molecule has 0 spiro atoms. The number of hydrogen-bond acceptors (Lipinski definition) is 3. The van der Waals surface area contributed by atoms with Crippen LogP contribution in [0.1, 0.15) is 18.4 Å². The van der Waals surface area contributed by atoms with Gasteiger partial charge in [0.25, 0.3) is 0 Å². The van der Waals surface area contributed by atoms with Crippen molar-refractivity contribution in [3.05, 3.63) is 23.9 Å². The van der Waals surface area contributed by atoms with Gasteiger partial charge in [0, 0.05) is 12.3 Å². The molecule has 17 heavy (non-hydrogen) atoms. The van der Waals surface area contributed by atoms with Crippen LogP contribution >= 0.6 is 0 Å². The molecule has 2 rings (SSSR count). The number of aromatic nitrogens is 1. The van der Waals surface area contributed by atoms with E-state index in [1.54, 1.807) is 0 Å². The summed E-state index contributed by atoms with van der Waals surface area (Å²) in [5.74, 6) is 0.702. The summed E-state index contributed by atoms with van der Waals surface area (Å²) >= 11 is 0. The Morgan fingerprint density at radius 2 is 2.06 bits per heavy atom. The van der Waals surface area contributed by atoms with E-state index in [9.17, 15) is 13.2 Å². The molecule has 0 bridgehead atoms. The van der Waals surface area contributed by atoms with Crippen molar-refractivity contribution in [1.82, 2.24) is 4.98 Å². The molecule has 6 heteroatoms. The Balaban J connectivity index is 1.91. The predicted molar refractivity (Wildman–Crippen MR) is 55.4 cm³/mol. The van der Waals surface area contributed by atoms with Crippen LogP contribution in [0.5, 0.6) is 5.88 Å². The van der Waals surface area contributed by atoms with Crippen molar-refractivity contribution in [3.63, 3.8) is 0 Å². The summed E-state index contributed by atoms with van der Waals surface area (Å²) in [5, 5.41) is 0. The van der Waals surface area contributed by atoms with E-state index in [1.165, 1.54) is 6.07 Å². The van der Waals surface area contributed by atoms with E-state index in [-0.39, 0.29) is 12.0 Å². The van der Waals surface area contributed by atoms with Crippen molar-refractivity contribution in [3.8, 4) is 5.88 Å². The van der Waals surface area contributed by atoms with Crippen molar-refractivity contribution in [2.24, 2.45) is 11.7 Å². The van der Waals surface area contributed by atoms with Gasteiger partial charge in [-0.05, 0) is 31.4 Å². The lowest BCUT2D eigenvalue weighted by molar-refractivity contribution is -0.137. The van der Waals surface area contributed by atoms with Crippen LogP contribution in [0.2, 0.25) is 0 Å². The summed E-state index contributed by atoms with van der Waals surface area (Å²) in [4.78, 5) is 3.64. The Bertz CT molecular complexity index is 371. The van der Waals surface area contributed by atoms with Gasteiger partial charge in [0.15, 0.2) is 0 Å². The molecular weight excluding hydrogens is 233 g/mol. The topological polar surface area (TPSA) is 48.1 Å². The third-order valence-corrected chi connectivity index (χ3v) is 2.88. The maximum atomic E-state index is 12.3. The maximum absolute atomic E-state index is 12.3. The number of alkyl halides is 3. The summed E-state index contributed by atoms with van der Waals surface area (Å²) < 4.78 is 42.2. The summed E-state index contributed by atoms with van der Waals surface area (Å²) in [6.45, 7) is 0.625. The highest BCUT2D eigenvalue weighted by Crippen LogP contribution is 2.32. The summed E-state index contributed by atoms with van der Waals surface area (Å²) in [6, 6.07) is 2.22. The predicted octanol–water partition coefficient (Wildman–Crippen LogP) is 2.22. The molecule has 1 aliphatic carbocycles. The van der Waals surface area contributed by atoms with Crippen molar-refractivity contribution in [2.45, 2.75) is 25.1 Å². The molecule has 1 aromatic rings. The van der Waals surface area contributed by atoms with Crippen molar-refractivity contribution < 1.29 is 17.9 Å². The third kappa shape index (κ3) is 2.88. The monoisotopic (exact) mass is 246 g/mol. The molecule has 0 aliphatic heterocycles. The number of ether oxygens (including phenoxy) is 1. The SMILES string of the molecule is NCC1CC(Oc2ccc(C(F)(F)F)cn2)C1. The fourth-order valence-corrected chi connectivity index (χ4v) is 1.75. The highest BCUT2D eigenvalue weighted by molar-refractivity contribution is 5.20. The van der Waals surface area contributed by atoms with Crippen LogP contribution in [0.25, 0.3) is 0 Å². The minimum absolute atomic E-state index is 0.0350. The number of hydrogen-bond donors (Lipinski definition) is 1. The van der Waals surface area contributed by atoms with Crippen LogP contribution in [0.4, 0.5) is 13.2 Å². The molecule has 0 amide bonds. The van der Waals surface area contributed by atoms with Gasteiger partial charge in [-0.3, -0.25) is 0 Å². The first kappa shape index (κ1) is 12.2. The Kier molecular flexibility index (Phi) is 3.24. The average molecular weight is 246 g/mol. The number of nitrogens with zero attached hydrogens (tertiary/aromatic N) is 1. The smallest absolute Gasteiger partial charge is 0.417 e. The lowest BCUT2D eigenvalue weighted by Crippen LogP contribution is -2.37. The molecule has 1 saturated carbocycles. The zero-order valence-corrected chi connectivity index (χ0v) is 9.07. The molecule has 0 atom stereocenters. The second kappa shape index (κ2) is 4.52. The highest BCUT2D eigenvalue weighted by atomic mass is 19.4. The van der Waals surface area contributed by atoms with Crippen molar-refractivity contribution in [1.29, 1.82) is 0 Å². The second-order valence-corrected chi connectivity index (χ2v) is 4.20. The van der Waals surface area contributed by atoms with Crippen LogP contribution in [0.3, 0.4) is 0 Å². The van der Waals surface area contributed by atoms with Crippen LogP contribution in [0, 0.1) is 5.92 Å².